The lowest BCUT2D eigenvalue weighted by Crippen LogP contribution is -2.24. The monoisotopic (exact) mass is 593 g/mol. The standard InChI is InChI=1S/C23H21BrIN3O3/c1-15-11-19(8-9-20(15)24)27-23(29)28-26-13-17-5-10-21(22(12-17)30-2)31-14-16-3-6-18(25)7-4-16/h3-13H,14H2,1-2H3,(H2,27,28,29)/b26-13+. The Morgan fingerprint density at radius 1 is 1.10 bits per heavy atom. The van der Waals surface area contributed by atoms with E-state index in [1.54, 1.807) is 19.2 Å². The highest BCUT2D eigenvalue weighted by atomic mass is 127. The molecule has 3 rings (SSSR count). The number of halogens is 2. The maximum Gasteiger partial charge on any atom is 0.339 e. The third kappa shape index (κ3) is 6.96. The molecule has 0 aliphatic carbocycles. The molecule has 0 spiro atoms. The number of urea groups is 1. The number of hydrogen-bond acceptors (Lipinski definition) is 4. The Hall–Kier alpha value is -2.59. The van der Waals surface area contributed by atoms with Gasteiger partial charge < -0.3 is 14.8 Å². The number of amides is 2. The maximum absolute atomic E-state index is 12.0. The zero-order valence-electron chi connectivity index (χ0n) is 17.0. The Labute approximate surface area is 203 Å². The first-order valence-corrected chi connectivity index (χ1v) is 11.2. The molecule has 2 amide bonds. The second kappa shape index (κ2) is 11.1. The van der Waals surface area contributed by atoms with Crippen molar-refractivity contribution in [1.82, 2.24) is 5.43 Å². The van der Waals surface area contributed by atoms with E-state index in [-0.39, 0.29) is 0 Å². The molecule has 8 heteroatoms. The van der Waals surface area contributed by atoms with Gasteiger partial charge in [0, 0.05) is 13.7 Å². The highest BCUT2D eigenvalue weighted by molar-refractivity contribution is 14.1. The van der Waals surface area contributed by atoms with E-state index in [4.69, 9.17) is 9.47 Å². The normalized spacial score (nSPS) is 10.7. The molecule has 3 aromatic carbocycles. The molecule has 31 heavy (non-hydrogen) atoms. The Kier molecular flexibility index (Phi) is 8.30. The summed E-state index contributed by atoms with van der Waals surface area (Å²) < 4.78 is 13.5. The molecule has 160 valence electrons. The summed E-state index contributed by atoms with van der Waals surface area (Å²) in [5.74, 6) is 1.22. The molecule has 0 atom stereocenters. The topological polar surface area (TPSA) is 72.0 Å². The minimum absolute atomic E-state index is 0.428. The summed E-state index contributed by atoms with van der Waals surface area (Å²) in [5.41, 5.74) is 6.00. The van der Waals surface area contributed by atoms with E-state index in [0.717, 1.165) is 21.2 Å². The lowest BCUT2D eigenvalue weighted by molar-refractivity contribution is 0.252. The molecular weight excluding hydrogens is 573 g/mol. The summed E-state index contributed by atoms with van der Waals surface area (Å²) in [4.78, 5) is 12.0. The minimum Gasteiger partial charge on any atom is -0.493 e. The number of hydrazone groups is 1. The number of carbonyl (C=O) groups excluding carboxylic acids is 1. The van der Waals surface area contributed by atoms with E-state index in [1.165, 1.54) is 9.78 Å². The summed E-state index contributed by atoms with van der Waals surface area (Å²) >= 11 is 5.70. The Bertz CT molecular complexity index is 1090. The van der Waals surface area contributed by atoms with Gasteiger partial charge in [0.15, 0.2) is 11.5 Å². The van der Waals surface area contributed by atoms with Gasteiger partial charge in [-0.2, -0.15) is 5.10 Å². The summed E-state index contributed by atoms with van der Waals surface area (Å²) in [7, 11) is 1.58. The number of aryl methyl sites for hydroxylation is 1. The molecule has 0 unspecified atom stereocenters. The fourth-order valence-electron chi connectivity index (χ4n) is 2.67. The Morgan fingerprint density at radius 3 is 2.58 bits per heavy atom. The summed E-state index contributed by atoms with van der Waals surface area (Å²) in [6, 6.07) is 18.7. The van der Waals surface area contributed by atoms with Crippen LogP contribution in [-0.2, 0) is 6.61 Å². The zero-order valence-corrected chi connectivity index (χ0v) is 20.7. The SMILES string of the molecule is COc1cc(/C=N/NC(=O)Nc2ccc(Br)c(C)c2)ccc1OCc1ccc(I)cc1. The summed E-state index contributed by atoms with van der Waals surface area (Å²) in [6.45, 7) is 2.39. The Morgan fingerprint density at radius 2 is 1.87 bits per heavy atom. The van der Waals surface area contributed by atoms with Crippen LogP contribution in [0.3, 0.4) is 0 Å². The number of benzene rings is 3. The van der Waals surface area contributed by atoms with Crippen LogP contribution in [0.5, 0.6) is 11.5 Å². The average Bonchev–Trinajstić information content (AvgIpc) is 2.76. The molecule has 0 aromatic heterocycles. The number of carbonyl (C=O) groups is 1. The largest absolute Gasteiger partial charge is 0.493 e. The van der Waals surface area contributed by atoms with E-state index in [2.05, 4.69) is 54.4 Å². The molecule has 6 nitrogen and oxygen atoms in total. The van der Waals surface area contributed by atoms with Crippen molar-refractivity contribution in [3.05, 3.63) is 85.4 Å². The van der Waals surface area contributed by atoms with Crippen molar-refractivity contribution in [2.45, 2.75) is 13.5 Å². The van der Waals surface area contributed by atoms with Gasteiger partial charge in [-0.3, -0.25) is 0 Å². The maximum atomic E-state index is 12.0. The van der Waals surface area contributed by atoms with Crippen molar-refractivity contribution in [2.24, 2.45) is 5.10 Å². The fraction of sp³-hybridized carbons (Fsp3) is 0.130. The van der Waals surface area contributed by atoms with Gasteiger partial charge in [0.2, 0.25) is 0 Å². The fourth-order valence-corrected chi connectivity index (χ4v) is 3.28. The van der Waals surface area contributed by atoms with Crippen molar-refractivity contribution >= 4 is 56.5 Å². The first-order valence-electron chi connectivity index (χ1n) is 9.36. The second-order valence-electron chi connectivity index (χ2n) is 6.61. The van der Waals surface area contributed by atoms with Crippen LogP contribution in [0.15, 0.2) is 70.2 Å². The van der Waals surface area contributed by atoms with Crippen LogP contribution in [0.1, 0.15) is 16.7 Å². The number of hydrogen-bond donors (Lipinski definition) is 2. The number of nitrogens with zero attached hydrogens (tertiary/aromatic N) is 1. The van der Waals surface area contributed by atoms with Crippen LogP contribution in [-0.4, -0.2) is 19.4 Å². The van der Waals surface area contributed by atoms with Crippen molar-refractivity contribution in [3.63, 3.8) is 0 Å². The van der Waals surface area contributed by atoms with Gasteiger partial charge in [-0.1, -0.05) is 28.1 Å². The van der Waals surface area contributed by atoms with Gasteiger partial charge in [0.25, 0.3) is 0 Å². The van der Waals surface area contributed by atoms with Gasteiger partial charge >= 0.3 is 6.03 Å². The van der Waals surface area contributed by atoms with Gasteiger partial charge in [0.1, 0.15) is 6.61 Å². The lowest BCUT2D eigenvalue weighted by atomic mass is 10.2. The Balaban J connectivity index is 1.57. The van der Waals surface area contributed by atoms with Crippen molar-refractivity contribution in [1.29, 1.82) is 0 Å². The molecule has 0 aliphatic rings. The van der Waals surface area contributed by atoms with E-state index in [9.17, 15) is 4.79 Å². The molecule has 0 heterocycles. The first-order chi connectivity index (χ1) is 14.9. The third-order valence-corrected chi connectivity index (χ3v) is 5.90. The highest BCUT2D eigenvalue weighted by Crippen LogP contribution is 2.28. The van der Waals surface area contributed by atoms with E-state index in [1.807, 2.05) is 55.5 Å². The van der Waals surface area contributed by atoms with Crippen LogP contribution in [0, 0.1) is 10.5 Å². The van der Waals surface area contributed by atoms with Crippen LogP contribution in [0.4, 0.5) is 10.5 Å². The number of nitrogens with one attached hydrogen (secondary N) is 2. The van der Waals surface area contributed by atoms with Crippen LogP contribution in [0.2, 0.25) is 0 Å². The van der Waals surface area contributed by atoms with Crippen molar-refractivity contribution in [2.75, 3.05) is 12.4 Å². The van der Waals surface area contributed by atoms with Crippen molar-refractivity contribution < 1.29 is 14.3 Å². The van der Waals surface area contributed by atoms with Crippen molar-refractivity contribution in [3.8, 4) is 11.5 Å². The molecule has 2 N–H and O–H groups in total. The van der Waals surface area contributed by atoms with Crippen LogP contribution < -0.4 is 20.2 Å². The highest BCUT2D eigenvalue weighted by Gasteiger charge is 2.06. The van der Waals surface area contributed by atoms with Gasteiger partial charge in [-0.25, -0.2) is 10.2 Å². The van der Waals surface area contributed by atoms with Gasteiger partial charge in [-0.05, 0) is 94.7 Å². The van der Waals surface area contributed by atoms with E-state index < -0.39 is 6.03 Å². The van der Waals surface area contributed by atoms with E-state index in [0.29, 0.717) is 23.8 Å². The molecule has 0 radical (unpaired) electrons. The molecule has 0 saturated carbocycles. The van der Waals surface area contributed by atoms with Gasteiger partial charge in [0.05, 0.1) is 13.3 Å². The molecular formula is C23H21BrIN3O3. The molecule has 0 fully saturated rings. The predicted molar refractivity (Wildman–Crippen MR) is 135 cm³/mol. The summed E-state index contributed by atoms with van der Waals surface area (Å²) in [5, 5.41) is 6.73. The first kappa shape index (κ1) is 23.1. The molecule has 3 aromatic rings. The third-order valence-electron chi connectivity index (χ3n) is 4.29. The molecule has 0 aliphatic heterocycles. The average molecular weight is 594 g/mol. The number of ether oxygens (including phenoxy) is 2. The number of anilines is 1. The molecule has 0 bridgehead atoms. The van der Waals surface area contributed by atoms with Crippen LogP contribution in [0.25, 0.3) is 0 Å². The van der Waals surface area contributed by atoms with Crippen LogP contribution >= 0.6 is 38.5 Å². The van der Waals surface area contributed by atoms with Gasteiger partial charge in [-0.15, -0.1) is 0 Å². The lowest BCUT2D eigenvalue weighted by Gasteiger charge is -2.11. The predicted octanol–water partition coefficient (Wildman–Crippen LogP) is 6.11. The number of methoxy groups -OCH3 is 1. The quantitative estimate of drug-likeness (QED) is 0.197. The smallest absolute Gasteiger partial charge is 0.339 e. The second-order valence-corrected chi connectivity index (χ2v) is 8.71. The minimum atomic E-state index is -0.428. The number of rotatable bonds is 7. The van der Waals surface area contributed by atoms with E-state index >= 15 is 0 Å². The summed E-state index contributed by atoms with van der Waals surface area (Å²) in [6.07, 6.45) is 1.54. The zero-order chi connectivity index (χ0) is 22.2. The molecule has 0 saturated heterocycles.